The third kappa shape index (κ3) is 4.07. The van der Waals surface area contributed by atoms with Gasteiger partial charge in [0.2, 0.25) is 5.91 Å². The highest BCUT2D eigenvalue weighted by Gasteiger charge is 2.52. The van der Waals surface area contributed by atoms with Gasteiger partial charge in [0, 0.05) is 34.9 Å². The average Bonchev–Trinajstić information content (AvgIpc) is 3.73. The van der Waals surface area contributed by atoms with Crippen LogP contribution in [0.3, 0.4) is 0 Å². The van der Waals surface area contributed by atoms with Crippen LogP contribution in [0, 0.1) is 0 Å². The summed E-state index contributed by atoms with van der Waals surface area (Å²) in [5.74, 6) is 0.0693. The van der Waals surface area contributed by atoms with Crippen molar-refractivity contribution in [1.82, 2.24) is 10.6 Å². The van der Waals surface area contributed by atoms with E-state index in [0.717, 1.165) is 62.6 Å². The van der Waals surface area contributed by atoms with Gasteiger partial charge in [-0.2, -0.15) is 0 Å². The van der Waals surface area contributed by atoms with Crippen molar-refractivity contribution in [2.24, 2.45) is 0 Å². The standard InChI is InChI=1S/C27H29Cl2N3O2/c28-17-3-1-16(2-4-17)27(11-12-27)26(34)31-19-13-20-7-8-21(14-19)32(20)22-9-10-23(24(29)15-22)25(33)30-18-5-6-18/h1-4,9-10,15,18-21H,5-8,11-14H2,(H,30,33)(H,31,34)/t19?,20-,21+. The van der Waals surface area contributed by atoms with Crippen LogP contribution >= 0.6 is 23.2 Å². The summed E-state index contributed by atoms with van der Waals surface area (Å²) in [7, 11) is 0. The van der Waals surface area contributed by atoms with Crippen LogP contribution < -0.4 is 15.5 Å². The molecule has 2 aromatic carbocycles. The minimum absolute atomic E-state index is 0.0851. The molecule has 0 radical (unpaired) electrons. The van der Waals surface area contributed by atoms with E-state index in [0.29, 0.717) is 33.7 Å². The molecule has 1 unspecified atom stereocenters. The van der Waals surface area contributed by atoms with Crippen molar-refractivity contribution in [3.05, 3.63) is 63.6 Å². The maximum Gasteiger partial charge on any atom is 0.253 e. The number of fused-ring (bicyclic) bond motifs is 2. The van der Waals surface area contributed by atoms with Crippen molar-refractivity contribution >= 4 is 40.7 Å². The van der Waals surface area contributed by atoms with Crippen LogP contribution in [0.4, 0.5) is 5.69 Å². The summed E-state index contributed by atoms with van der Waals surface area (Å²) in [6, 6.07) is 14.8. The molecule has 4 aliphatic rings. The fourth-order valence-corrected chi connectivity index (χ4v) is 6.31. The van der Waals surface area contributed by atoms with Gasteiger partial charge in [0.1, 0.15) is 0 Å². The molecule has 2 aromatic rings. The second-order valence-electron chi connectivity index (χ2n) is 10.4. The van der Waals surface area contributed by atoms with Gasteiger partial charge in [-0.05, 0) is 87.3 Å². The minimum atomic E-state index is -0.384. The molecule has 3 atom stereocenters. The van der Waals surface area contributed by atoms with Crippen LogP contribution in [0.15, 0.2) is 42.5 Å². The quantitative estimate of drug-likeness (QED) is 0.573. The highest BCUT2D eigenvalue weighted by atomic mass is 35.5. The summed E-state index contributed by atoms with van der Waals surface area (Å²) in [6.07, 6.45) is 7.98. The fraction of sp³-hybridized carbons (Fsp3) is 0.481. The third-order valence-electron chi connectivity index (χ3n) is 8.06. The van der Waals surface area contributed by atoms with Crippen molar-refractivity contribution in [1.29, 1.82) is 0 Å². The van der Waals surface area contributed by atoms with E-state index >= 15 is 0 Å². The van der Waals surface area contributed by atoms with E-state index in [1.54, 1.807) is 0 Å². The SMILES string of the molecule is O=C(NC1CC1)c1ccc(N2[C@@H]3CC[C@H]2CC(NC(=O)C2(c4ccc(Cl)cc4)CC2)C3)cc1Cl. The van der Waals surface area contributed by atoms with Gasteiger partial charge < -0.3 is 15.5 Å². The summed E-state index contributed by atoms with van der Waals surface area (Å²) in [5, 5.41) is 7.60. The van der Waals surface area contributed by atoms with Gasteiger partial charge in [-0.1, -0.05) is 35.3 Å². The number of piperidine rings is 1. The van der Waals surface area contributed by atoms with Gasteiger partial charge in [-0.25, -0.2) is 0 Å². The number of halogens is 2. The molecule has 7 heteroatoms. The molecule has 2 heterocycles. The van der Waals surface area contributed by atoms with Gasteiger partial charge in [-0.3, -0.25) is 9.59 Å². The summed E-state index contributed by atoms with van der Waals surface area (Å²) in [6.45, 7) is 0. The highest BCUT2D eigenvalue weighted by molar-refractivity contribution is 6.34. The number of nitrogens with one attached hydrogen (secondary N) is 2. The van der Waals surface area contributed by atoms with Gasteiger partial charge in [0.15, 0.2) is 0 Å². The molecule has 2 bridgehead atoms. The zero-order valence-corrected chi connectivity index (χ0v) is 20.5. The Hall–Kier alpha value is -2.24. The smallest absolute Gasteiger partial charge is 0.253 e. The maximum absolute atomic E-state index is 13.3. The van der Waals surface area contributed by atoms with Gasteiger partial charge >= 0.3 is 0 Å². The molecule has 2 amide bonds. The van der Waals surface area contributed by atoms with E-state index in [1.165, 1.54) is 0 Å². The first-order valence-corrected chi connectivity index (χ1v) is 13.1. The minimum Gasteiger partial charge on any atom is -0.365 e. The molecule has 34 heavy (non-hydrogen) atoms. The molecular weight excluding hydrogens is 469 g/mol. The van der Waals surface area contributed by atoms with Gasteiger partial charge in [0.25, 0.3) is 5.91 Å². The van der Waals surface area contributed by atoms with E-state index in [2.05, 4.69) is 15.5 Å². The number of rotatable bonds is 6. The number of anilines is 1. The highest BCUT2D eigenvalue weighted by Crippen LogP contribution is 2.49. The van der Waals surface area contributed by atoms with Crippen LogP contribution in [0.5, 0.6) is 0 Å². The molecule has 2 aliphatic heterocycles. The number of carbonyl (C=O) groups excluding carboxylic acids is 2. The monoisotopic (exact) mass is 497 g/mol. The van der Waals surface area contributed by atoms with Gasteiger partial charge in [-0.15, -0.1) is 0 Å². The first-order valence-electron chi connectivity index (χ1n) is 12.4. The normalized spacial score (nSPS) is 26.8. The van der Waals surface area contributed by atoms with Gasteiger partial charge in [0.05, 0.1) is 16.0 Å². The van der Waals surface area contributed by atoms with Crippen LogP contribution in [0.25, 0.3) is 0 Å². The lowest BCUT2D eigenvalue weighted by Gasteiger charge is -2.41. The Morgan fingerprint density at radius 3 is 2.12 bits per heavy atom. The first-order chi connectivity index (χ1) is 16.4. The van der Waals surface area contributed by atoms with Crippen LogP contribution in [-0.2, 0) is 10.2 Å². The molecular formula is C27H29Cl2N3O2. The average molecular weight is 498 g/mol. The maximum atomic E-state index is 13.3. The number of amides is 2. The number of hydrogen-bond acceptors (Lipinski definition) is 3. The van der Waals surface area contributed by atoms with Crippen molar-refractivity contribution in [2.75, 3.05) is 4.90 Å². The topological polar surface area (TPSA) is 61.4 Å². The van der Waals surface area contributed by atoms with E-state index in [-0.39, 0.29) is 23.3 Å². The van der Waals surface area contributed by atoms with Crippen LogP contribution in [0.1, 0.15) is 67.3 Å². The predicted molar refractivity (Wildman–Crippen MR) is 135 cm³/mol. The molecule has 4 fully saturated rings. The van der Waals surface area contributed by atoms with E-state index in [9.17, 15) is 9.59 Å². The molecule has 5 nitrogen and oxygen atoms in total. The Kier molecular flexibility index (Phi) is 5.53. The largest absolute Gasteiger partial charge is 0.365 e. The fourth-order valence-electron chi connectivity index (χ4n) is 5.92. The Morgan fingerprint density at radius 1 is 0.853 bits per heavy atom. The van der Waals surface area contributed by atoms with Crippen molar-refractivity contribution in [3.63, 3.8) is 0 Å². The molecule has 178 valence electrons. The lowest BCUT2D eigenvalue weighted by atomic mass is 9.92. The first kappa shape index (κ1) is 22.2. The Morgan fingerprint density at radius 2 is 1.53 bits per heavy atom. The van der Waals surface area contributed by atoms with E-state index in [4.69, 9.17) is 23.2 Å². The summed E-state index contributed by atoms with van der Waals surface area (Å²) < 4.78 is 0. The van der Waals surface area contributed by atoms with E-state index in [1.807, 2.05) is 42.5 Å². The Balaban J connectivity index is 1.12. The zero-order chi connectivity index (χ0) is 23.4. The summed E-state index contributed by atoms with van der Waals surface area (Å²) in [5.41, 5.74) is 2.30. The van der Waals surface area contributed by atoms with Crippen molar-refractivity contribution in [2.45, 2.75) is 80.9 Å². The molecule has 2 saturated heterocycles. The number of carbonyl (C=O) groups is 2. The summed E-state index contributed by atoms with van der Waals surface area (Å²) in [4.78, 5) is 28.2. The predicted octanol–water partition coefficient (Wildman–Crippen LogP) is 5.23. The summed E-state index contributed by atoms with van der Waals surface area (Å²) >= 11 is 12.6. The van der Waals surface area contributed by atoms with Crippen molar-refractivity contribution < 1.29 is 9.59 Å². The van der Waals surface area contributed by atoms with Crippen LogP contribution in [-0.4, -0.2) is 36.0 Å². The Labute approximate surface area is 210 Å². The van der Waals surface area contributed by atoms with Crippen molar-refractivity contribution in [3.8, 4) is 0 Å². The molecule has 2 saturated carbocycles. The molecule has 2 aliphatic carbocycles. The molecule has 0 spiro atoms. The zero-order valence-electron chi connectivity index (χ0n) is 19.0. The second-order valence-corrected chi connectivity index (χ2v) is 11.3. The lowest BCUT2D eigenvalue weighted by Crippen LogP contribution is -2.52. The van der Waals surface area contributed by atoms with Crippen LogP contribution in [0.2, 0.25) is 10.0 Å². The Bertz CT molecular complexity index is 1110. The molecule has 2 N–H and O–H groups in total. The lowest BCUT2D eigenvalue weighted by molar-refractivity contribution is -0.124. The number of benzene rings is 2. The second kappa shape index (κ2) is 8.46. The molecule has 0 aromatic heterocycles. The molecule has 6 rings (SSSR count). The number of hydrogen-bond donors (Lipinski definition) is 2. The third-order valence-corrected chi connectivity index (χ3v) is 8.62. The van der Waals surface area contributed by atoms with E-state index < -0.39 is 0 Å². The number of nitrogens with zero attached hydrogens (tertiary/aromatic N) is 1.